The quantitative estimate of drug-likeness (QED) is 0.940. The maximum atomic E-state index is 14.0. The van der Waals surface area contributed by atoms with E-state index in [0.29, 0.717) is 13.0 Å². The standard InChI is InChI=1S/C15H19FN4S/c16-13-2-1-3-14(12(13)4-5-17)19-7-9-20(10-8-19)15-18-6-11-21-15/h1-3,6,11H,4-5,7-10,17H2. The molecular formula is C15H19FN4S. The Morgan fingerprint density at radius 3 is 2.62 bits per heavy atom. The lowest BCUT2D eigenvalue weighted by atomic mass is 10.1. The van der Waals surface area contributed by atoms with Crippen LogP contribution in [0.3, 0.4) is 0 Å². The summed E-state index contributed by atoms with van der Waals surface area (Å²) in [5.41, 5.74) is 7.34. The fourth-order valence-electron chi connectivity index (χ4n) is 2.75. The third-order valence-electron chi connectivity index (χ3n) is 3.80. The number of rotatable bonds is 4. The summed E-state index contributed by atoms with van der Waals surface area (Å²) in [4.78, 5) is 8.88. The van der Waals surface area contributed by atoms with Crippen molar-refractivity contribution in [2.45, 2.75) is 6.42 Å². The van der Waals surface area contributed by atoms with Crippen molar-refractivity contribution in [1.82, 2.24) is 4.98 Å². The Balaban J connectivity index is 1.73. The Bertz CT molecular complexity index is 579. The zero-order valence-corrected chi connectivity index (χ0v) is 12.7. The van der Waals surface area contributed by atoms with Gasteiger partial charge in [-0.2, -0.15) is 0 Å². The summed E-state index contributed by atoms with van der Waals surface area (Å²) in [5, 5.41) is 3.06. The number of aromatic nitrogens is 1. The number of halogens is 1. The van der Waals surface area contributed by atoms with Gasteiger partial charge in [0, 0.05) is 49.0 Å². The van der Waals surface area contributed by atoms with Gasteiger partial charge in [0.25, 0.3) is 0 Å². The Morgan fingerprint density at radius 1 is 1.19 bits per heavy atom. The number of piperazine rings is 1. The van der Waals surface area contributed by atoms with Crippen molar-refractivity contribution in [2.75, 3.05) is 42.5 Å². The molecule has 112 valence electrons. The zero-order valence-electron chi connectivity index (χ0n) is 11.8. The second-order valence-corrected chi connectivity index (χ2v) is 5.94. The van der Waals surface area contributed by atoms with Crippen molar-refractivity contribution in [3.05, 3.63) is 41.2 Å². The summed E-state index contributed by atoms with van der Waals surface area (Å²) < 4.78 is 14.0. The van der Waals surface area contributed by atoms with Gasteiger partial charge in [-0.15, -0.1) is 11.3 Å². The number of benzene rings is 1. The smallest absolute Gasteiger partial charge is 0.185 e. The summed E-state index contributed by atoms with van der Waals surface area (Å²) >= 11 is 1.66. The van der Waals surface area contributed by atoms with E-state index in [-0.39, 0.29) is 5.82 Å². The van der Waals surface area contributed by atoms with Crippen molar-refractivity contribution in [2.24, 2.45) is 5.73 Å². The molecule has 1 aliphatic rings. The Kier molecular flexibility index (Phi) is 4.36. The van der Waals surface area contributed by atoms with Crippen molar-refractivity contribution < 1.29 is 4.39 Å². The molecule has 0 atom stereocenters. The largest absolute Gasteiger partial charge is 0.368 e. The number of hydrogen-bond donors (Lipinski definition) is 1. The van der Waals surface area contributed by atoms with Crippen LogP contribution in [0.5, 0.6) is 0 Å². The average Bonchev–Trinajstić information content (AvgIpc) is 3.04. The molecule has 21 heavy (non-hydrogen) atoms. The van der Waals surface area contributed by atoms with E-state index in [1.807, 2.05) is 17.6 Å². The first kappa shape index (κ1) is 14.3. The Hall–Kier alpha value is -1.66. The molecule has 0 spiro atoms. The minimum Gasteiger partial charge on any atom is -0.368 e. The molecule has 2 aromatic rings. The maximum absolute atomic E-state index is 14.0. The molecule has 4 nitrogen and oxygen atoms in total. The fourth-order valence-corrected chi connectivity index (χ4v) is 3.44. The number of thiazole rings is 1. The highest BCUT2D eigenvalue weighted by Crippen LogP contribution is 2.26. The Morgan fingerprint density at radius 2 is 1.95 bits per heavy atom. The summed E-state index contributed by atoms with van der Waals surface area (Å²) in [6.45, 7) is 4.03. The van der Waals surface area contributed by atoms with Gasteiger partial charge in [0.05, 0.1) is 0 Å². The average molecular weight is 306 g/mol. The van der Waals surface area contributed by atoms with Gasteiger partial charge < -0.3 is 15.5 Å². The van der Waals surface area contributed by atoms with E-state index >= 15 is 0 Å². The SMILES string of the molecule is NCCc1c(F)cccc1N1CCN(c2nccs2)CC1. The molecule has 1 aliphatic heterocycles. The van der Waals surface area contributed by atoms with E-state index in [1.165, 1.54) is 6.07 Å². The first-order valence-corrected chi connectivity index (χ1v) is 8.04. The zero-order chi connectivity index (χ0) is 14.7. The summed E-state index contributed by atoms with van der Waals surface area (Å²) in [6.07, 6.45) is 2.41. The summed E-state index contributed by atoms with van der Waals surface area (Å²) in [6, 6.07) is 5.28. The lowest BCUT2D eigenvalue weighted by molar-refractivity contribution is 0.601. The van der Waals surface area contributed by atoms with Gasteiger partial charge in [-0.1, -0.05) is 6.07 Å². The third kappa shape index (κ3) is 3.01. The number of nitrogens with zero attached hydrogens (tertiary/aromatic N) is 3. The van der Waals surface area contributed by atoms with Crippen LogP contribution < -0.4 is 15.5 Å². The molecule has 1 fully saturated rings. The van der Waals surface area contributed by atoms with Gasteiger partial charge in [0.15, 0.2) is 5.13 Å². The van der Waals surface area contributed by atoms with Crippen molar-refractivity contribution in [1.29, 1.82) is 0 Å². The van der Waals surface area contributed by atoms with Crippen LogP contribution in [0.25, 0.3) is 0 Å². The van der Waals surface area contributed by atoms with Crippen LogP contribution in [-0.4, -0.2) is 37.7 Å². The van der Waals surface area contributed by atoms with Crippen LogP contribution in [0.1, 0.15) is 5.56 Å². The van der Waals surface area contributed by atoms with E-state index in [0.717, 1.165) is 42.6 Å². The number of hydrogen-bond acceptors (Lipinski definition) is 5. The topological polar surface area (TPSA) is 45.4 Å². The molecule has 1 aromatic carbocycles. The molecule has 0 saturated carbocycles. The lowest BCUT2D eigenvalue weighted by Gasteiger charge is -2.37. The highest BCUT2D eigenvalue weighted by atomic mass is 32.1. The van der Waals surface area contributed by atoms with Crippen LogP contribution in [0, 0.1) is 5.82 Å². The third-order valence-corrected chi connectivity index (χ3v) is 4.63. The Labute approximate surface area is 128 Å². The molecule has 1 aromatic heterocycles. The molecule has 0 amide bonds. The highest BCUT2D eigenvalue weighted by molar-refractivity contribution is 7.13. The second-order valence-electron chi connectivity index (χ2n) is 5.06. The first-order chi connectivity index (χ1) is 10.3. The minimum absolute atomic E-state index is 0.152. The van der Waals surface area contributed by atoms with E-state index in [4.69, 9.17) is 5.73 Å². The van der Waals surface area contributed by atoms with Gasteiger partial charge in [-0.05, 0) is 25.1 Å². The van der Waals surface area contributed by atoms with Gasteiger partial charge >= 0.3 is 0 Å². The molecule has 0 bridgehead atoms. The van der Waals surface area contributed by atoms with E-state index < -0.39 is 0 Å². The number of nitrogens with two attached hydrogens (primary N) is 1. The molecule has 1 saturated heterocycles. The normalized spacial score (nSPS) is 15.5. The molecule has 3 rings (SSSR count). The van der Waals surface area contributed by atoms with Crippen LogP contribution in [0.15, 0.2) is 29.8 Å². The predicted molar refractivity (Wildman–Crippen MR) is 85.7 cm³/mol. The van der Waals surface area contributed by atoms with Crippen molar-refractivity contribution in [3.8, 4) is 0 Å². The van der Waals surface area contributed by atoms with Crippen LogP contribution >= 0.6 is 11.3 Å². The minimum atomic E-state index is -0.152. The van der Waals surface area contributed by atoms with Crippen LogP contribution in [0.4, 0.5) is 15.2 Å². The van der Waals surface area contributed by atoms with Crippen LogP contribution in [0.2, 0.25) is 0 Å². The van der Waals surface area contributed by atoms with Gasteiger partial charge in [0.2, 0.25) is 0 Å². The van der Waals surface area contributed by atoms with Gasteiger partial charge in [-0.3, -0.25) is 0 Å². The molecule has 0 aliphatic carbocycles. The maximum Gasteiger partial charge on any atom is 0.185 e. The number of anilines is 2. The van der Waals surface area contributed by atoms with Gasteiger partial charge in [-0.25, -0.2) is 9.37 Å². The van der Waals surface area contributed by atoms with Gasteiger partial charge in [0.1, 0.15) is 5.82 Å². The predicted octanol–water partition coefficient (Wildman–Crippen LogP) is 2.11. The van der Waals surface area contributed by atoms with Crippen molar-refractivity contribution in [3.63, 3.8) is 0 Å². The van der Waals surface area contributed by atoms with Crippen molar-refractivity contribution >= 4 is 22.2 Å². The fraction of sp³-hybridized carbons (Fsp3) is 0.400. The van der Waals surface area contributed by atoms with E-state index in [1.54, 1.807) is 17.4 Å². The van der Waals surface area contributed by atoms with E-state index in [2.05, 4.69) is 14.8 Å². The molecule has 2 heterocycles. The second kappa shape index (κ2) is 6.41. The molecule has 6 heteroatoms. The summed E-state index contributed by atoms with van der Waals surface area (Å²) in [7, 11) is 0. The molecule has 2 N–H and O–H groups in total. The highest BCUT2D eigenvalue weighted by Gasteiger charge is 2.21. The van der Waals surface area contributed by atoms with E-state index in [9.17, 15) is 4.39 Å². The molecule has 0 unspecified atom stereocenters. The van der Waals surface area contributed by atoms with Crippen LogP contribution in [-0.2, 0) is 6.42 Å². The monoisotopic (exact) mass is 306 g/mol. The molecule has 0 radical (unpaired) electrons. The lowest BCUT2D eigenvalue weighted by Crippen LogP contribution is -2.46. The first-order valence-electron chi connectivity index (χ1n) is 7.16. The molecular weight excluding hydrogens is 287 g/mol. The summed E-state index contributed by atoms with van der Waals surface area (Å²) in [5.74, 6) is -0.152.